The molecule has 0 bridgehead atoms. The van der Waals surface area contributed by atoms with Crippen LogP contribution >= 0.6 is 0 Å². The van der Waals surface area contributed by atoms with Crippen LogP contribution < -0.4 is 0 Å². The molecule has 4 aliphatic carbocycles. The van der Waals surface area contributed by atoms with E-state index in [0.29, 0.717) is 6.42 Å². The summed E-state index contributed by atoms with van der Waals surface area (Å²) < 4.78 is 53.2. The number of carbonyl (C=O) groups is 3. The number of Topliss-reactive ketones (excluding diaryl/α,β-unsaturated/α-hetero) is 1. The van der Waals surface area contributed by atoms with Gasteiger partial charge in [-0.2, -0.15) is 0 Å². The minimum Gasteiger partial charge on any atom is -0.458 e. The molecular weight excluding hydrogens is 384 g/mol. The number of esters is 1. The van der Waals surface area contributed by atoms with E-state index in [1.54, 1.807) is 26.8 Å². The van der Waals surface area contributed by atoms with Crippen molar-refractivity contribution in [3.8, 4) is 0 Å². The normalized spacial score (nSPS) is 55.5. The fourth-order valence-electron chi connectivity index (χ4n) is 7.18. The Morgan fingerprint density at radius 2 is 2.17 bits per heavy atom. The van der Waals surface area contributed by atoms with Crippen LogP contribution in [-0.4, -0.2) is 46.5 Å². The van der Waals surface area contributed by atoms with E-state index in [1.165, 1.54) is 6.08 Å². The van der Waals surface area contributed by atoms with E-state index in [4.69, 9.17) is 11.6 Å². The zero-order valence-corrected chi connectivity index (χ0v) is 17.6. The highest BCUT2D eigenvalue weighted by Gasteiger charge is 2.81. The van der Waals surface area contributed by atoms with Crippen LogP contribution in [0.3, 0.4) is 0 Å². The largest absolute Gasteiger partial charge is 0.458 e. The van der Waals surface area contributed by atoms with Crippen LogP contribution in [0.2, 0.25) is 0 Å². The third-order valence-electron chi connectivity index (χ3n) is 8.69. The fourth-order valence-corrected chi connectivity index (χ4v) is 7.18. The van der Waals surface area contributed by atoms with Crippen molar-refractivity contribution in [2.75, 3.05) is 6.56 Å². The first-order chi connectivity index (χ1) is 15.9. The van der Waals surface area contributed by atoms with Gasteiger partial charge in [0.25, 0.3) is 0 Å². The van der Waals surface area contributed by atoms with Crippen molar-refractivity contribution in [2.24, 2.45) is 28.6 Å². The molecule has 1 aliphatic heterocycles. The van der Waals surface area contributed by atoms with E-state index in [1.807, 2.05) is 0 Å². The van der Waals surface area contributed by atoms with Crippen molar-refractivity contribution in [2.45, 2.75) is 70.6 Å². The van der Waals surface area contributed by atoms with Gasteiger partial charge in [0.1, 0.15) is 11.2 Å². The SMILES string of the molecule is [2H]C1=C2C([2H])([2H])C[C@H]3[C@@H]4C[C@H](C)[C@](O)(C(=O)C([2H])([2H])OC(C)=O)[C@@]4(C)C[C@@H]4O[C@@]43[C@@]2(C)C=CC1=O. The minimum absolute atomic E-state index is 0.0496. The summed E-state index contributed by atoms with van der Waals surface area (Å²) in [5, 5.41) is 11.9. The molecule has 0 amide bonds. The first kappa shape index (κ1) is 15.1. The molecule has 1 heterocycles. The molecule has 5 rings (SSSR count). The highest BCUT2D eigenvalue weighted by molar-refractivity contribution is 6.01. The minimum atomic E-state index is -3.03. The highest BCUT2D eigenvalue weighted by Crippen LogP contribution is 2.76. The molecule has 0 radical (unpaired) electrons. The van der Waals surface area contributed by atoms with Gasteiger partial charge in [-0.1, -0.05) is 25.5 Å². The molecule has 8 atom stereocenters. The maximum absolute atomic E-state index is 13.5. The fraction of sp³-hybridized carbons (Fsp3) is 0.708. The Bertz CT molecular complexity index is 1130. The molecule has 6 heteroatoms. The Morgan fingerprint density at radius 1 is 1.43 bits per heavy atom. The van der Waals surface area contributed by atoms with E-state index in [9.17, 15) is 19.5 Å². The lowest BCUT2D eigenvalue weighted by Crippen LogP contribution is -2.62. The number of aliphatic hydroxyl groups is 1. The molecule has 0 aromatic carbocycles. The van der Waals surface area contributed by atoms with E-state index < -0.39 is 76.4 Å². The lowest BCUT2D eigenvalue weighted by atomic mass is 9.46. The average Bonchev–Trinajstić information content (AvgIpc) is 3.40. The van der Waals surface area contributed by atoms with Gasteiger partial charge in [0.05, 0.1) is 10.2 Å². The van der Waals surface area contributed by atoms with Crippen LogP contribution in [0, 0.1) is 28.6 Å². The Morgan fingerprint density at radius 3 is 2.87 bits per heavy atom. The number of allylic oxidation sites excluding steroid dienone is 2. The van der Waals surface area contributed by atoms with Gasteiger partial charge in [-0.05, 0) is 62.4 Å². The Labute approximate surface area is 183 Å². The van der Waals surface area contributed by atoms with E-state index in [-0.39, 0.29) is 24.5 Å². The van der Waals surface area contributed by atoms with Crippen LogP contribution in [0.4, 0.5) is 0 Å². The number of ether oxygens (including phenoxy) is 2. The van der Waals surface area contributed by atoms with Gasteiger partial charge in [0.2, 0.25) is 5.78 Å². The summed E-state index contributed by atoms with van der Waals surface area (Å²) >= 11 is 0. The number of ketones is 2. The molecule has 162 valence electrons. The molecule has 0 aromatic rings. The van der Waals surface area contributed by atoms with Gasteiger partial charge in [0.15, 0.2) is 12.3 Å². The summed E-state index contributed by atoms with van der Waals surface area (Å²) in [5.74, 6) is -4.29. The second-order valence-electron chi connectivity index (χ2n) is 9.94. The summed E-state index contributed by atoms with van der Waals surface area (Å²) in [7, 11) is 0. The summed E-state index contributed by atoms with van der Waals surface area (Å²) in [6, 6.07) is -0.350. The second-order valence-corrected chi connectivity index (χ2v) is 9.94. The Hall–Kier alpha value is -1.79. The van der Waals surface area contributed by atoms with Crippen LogP contribution in [0.15, 0.2) is 23.8 Å². The van der Waals surface area contributed by atoms with Crippen molar-refractivity contribution in [3.63, 3.8) is 0 Å². The van der Waals surface area contributed by atoms with Crippen molar-refractivity contribution in [3.05, 3.63) is 23.8 Å². The van der Waals surface area contributed by atoms with Crippen LogP contribution in [-0.2, 0) is 23.9 Å². The first-order valence-electron chi connectivity index (χ1n) is 13.0. The smallest absolute Gasteiger partial charge is 0.303 e. The topological polar surface area (TPSA) is 93.2 Å². The molecule has 6 nitrogen and oxygen atoms in total. The summed E-state index contributed by atoms with van der Waals surface area (Å²) in [4.78, 5) is 37.2. The monoisotopic (exact) mass is 419 g/mol. The Kier molecular flexibility index (Phi) is 2.97. The highest BCUT2D eigenvalue weighted by atomic mass is 16.6. The number of rotatable bonds is 3. The van der Waals surface area contributed by atoms with Gasteiger partial charge in [0, 0.05) is 20.5 Å². The summed E-state index contributed by atoms with van der Waals surface area (Å²) in [5.41, 5.74) is -5.15. The van der Waals surface area contributed by atoms with Crippen LogP contribution in [0.1, 0.15) is 60.2 Å². The predicted molar refractivity (Wildman–Crippen MR) is 107 cm³/mol. The molecular formula is C24H30O6. The van der Waals surface area contributed by atoms with E-state index in [2.05, 4.69) is 4.74 Å². The molecule has 30 heavy (non-hydrogen) atoms. The third kappa shape index (κ3) is 2.14. The van der Waals surface area contributed by atoms with E-state index >= 15 is 0 Å². The quantitative estimate of drug-likeness (QED) is 0.558. The molecule has 0 aromatic heterocycles. The lowest BCUT2D eigenvalue weighted by Gasteiger charge is -2.55. The number of hydrogen-bond donors (Lipinski definition) is 1. The number of fused-ring (bicyclic) bond motifs is 3. The third-order valence-corrected chi connectivity index (χ3v) is 8.69. The van der Waals surface area contributed by atoms with Gasteiger partial charge in [-0.15, -0.1) is 0 Å². The number of carbonyl (C=O) groups excluding carboxylic acids is 3. The average molecular weight is 420 g/mol. The summed E-state index contributed by atoms with van der Waals surface area (Å²) in [6.45, 7) is 3.14. The van der Waals surface area contributed by atoms with E-state index in [0.717, 1.165) is 6.92 Å². The molecule has 1 spiro atoms. The molecule has 4 fully saturated rings. The van der Waals surface area contributed by atoms with Gasteiger partial charge in [-0.3, -0.25) is 14.4 Å². The first-order valence-corrected chi connectivity index (χ1v) is 10.5. The van der Waals surface area contributed by atoms with Crippen molar-refractivity contribution < 1.29 is 35.8 Å². The van der Waals surface area contributed by atoms with Crippen LogP contribution in [0.5, 0.6) is 0 Å². The second kappa shape index (κ2) is 5.92. The number of hydrogen-bond acceptors (Lipinski definition) is 6. The Balaban J connectivity index is 1.62. The maximum Gasteiger partial charge on any atom is 0.303 e. The van der Waals surface area contributed by atoms with Crippen LogP contribution in [0.25, 0.3) is 0 Å². The zero-order chi connectivity index (χ0) is 26.1. The van der Waals surface area contributed by atoms with Gasteiger partial charge >= 0.3 is 5.97 Å². The molecule has 0 unspecified atom stereocenters. The van der Waals surface area contributed by atoms with Crippen molar-refractivity contribution >= 4 is 17.5 Å². The van der Waals surface area contributed by atoms with Gasteiger partial charge < -0.3 is 14.6 Å². The summed E-state index contributed by atoms with van der Waals surface area (Å²) in [6.07, 6.45) is 0.945. The van der Waals surface area contributed by atoms with Crippen molar-refractivity contribution in [1.82, 2.24) is 0 Å². The van der Waals surface area contributed by atoms with Crippen molar-refractivity contribution in [1.29, 1.82) is 0 Å². The molecule has 3 saturated carbocycles. The van der Waals surface area contributed by atoms with Gasteiger partial charge in [-0.25, -0.2) is 0 Å². The standard InChI is InChI=1S/C24H30O6/c1-13-9-18-17-6-5-15-10-16(26)7-8-21(15,3)24(17)20(30-24)11-22(18,4)23(13,28)19(27)12-29-14(2)25/h7-8,10,13,17-18,20,28H,5-6,9,11-12H2,1-4H3/t13-,17-,18-,20-,21-,22-,23-,24+/m0/s1/i5D2,10D,12D2. The maximum atomic E-state index is 13.5. The predicted octanol–water partition coefficient (Wildman–Crippen LogP) is 2.53. The molecule has 5 aliphatic rings. The molecule has 1 N–H and O–H groups in total. The zero-order valence-electron chi connectivity index (χ0n) is 22.6. The molecule has 1 saturated heterocycles. The lowest BCUT2D eigenvalue weighted by molar-refractivity contribution is -0.170. The number of epoxide rings is 1.